The smallest absolute Gasteiger partial charge is 0.0328 e. The van der Waals surface area contributed by atoms with E-state index >= 15 is 0 Å². The van der Waals surface area contributed by atoms with Gasteiger partial charge >= 0.3 is 0 Å². The molecular weight excluding hydrogens is 250 g/mol. The summed E-state index contributed by atoms with van der Waals surface area (Å²) < 4.78 is 0. The second-order valence-electron chi connectivity index (χ2n) is 4.89. The van der Waals surface area contributed by atoms with Crippen molar-refractivity contribution in [1.82, 2.24) is 5.32 Å². The summed E-state index contributed by atoms with van der Waals surface area (Å²) in [6.45, 7) is 3.31. The Morgan fingerprint density at radius 1 is 1.11 bits per heavy atom. The van der Waals surface area contributed by atoms with Gasteiger partial charge < -0.3 is 5.32 Å². The highest BCUT2D eigenvalue weighted by Crippen LogP contribution is 2.23. The molecular formula is C17H23NS. The van der Waals surface area contributed by atoms with Crippen LogP contribution >= 0.6 is 11.8 Å². The predicted molar refractivity (Wildman–Crippen MR) is 88.0 cm³/mol. The summed E-state index contributed by atoms with van der Waals surface area (Å²) in [5.41, 5.74) is 1.42. The molecule has 0 spiro atoms. The van der Waals surface area contributed by atoms with E-state index in [0.717, 1.165) is 6.54 Å². The van der Waals surface area contributed by atoms with E-state index in [1.807, 2.05) is 11.8 Å². The Kier molecular flexibility index (Phi) is 5.74. The number of rotatable bonds is 7. The number of nitrogens with one attached hydrogen (secondary N) is 1. The molecule has 102 valence electrons. The first-order chi connectivity index (χ1) is 9.35. The zero-order valence-corrected chi connectivity index (χ0v) is 12.7. The molecule has 2 rings (SSSR count). The third-order valence-corrected chi connectivity index (χ3v) is 4.07. The number of fused-ring (bicyclic) bond motifs is 1. The Morgan fingerprint density at radius 2 is 1.89 bits per heavy atom. The lowest BCUT2D eigenvalue weighted by molar-refractivity contribution is 0.522. The van der Waals surface area contributed by atoms with Crippen molar-refractivity contribution in [2.75, 3.05) is 18.6 Å². The third kappa shape index (κ3) is 3.99. The molecule has 0 aliphatic carbocycles. The molecule has 0 aliphatic heterocycles. The average molecular weight is 273 g/mol. The fraction of sp³-hybridized carbons (Fsp3) is 0.412. The predicted octanol–water partition coefficient (Wildman–Crippen LogP) is 4.63. The van der Waals surface area contributed by atoms with Crippen LogP contribution in [0.4, 0.5) is 0 Å². The van der Waals surface area contributed by atoms with Crippen LogP contribution in [0.2, 0.25) is 0 Å². The Bertz CT molecular complexity index is 501. The Labute approximate surface area is 120 Å². The van der Waals surface area contributed by atoms with Crippen molar-refractivity contribution in [3.8, 4) is 0 Å². The molecule has 1 atom stereocenters. The number of benzene rings is 2. The van der Waals surface area contributed by atoms with Gasteiger partial charge in [0.05, 0.1) is 0 Å². The molecule has 0 saturated heterocycles. The standard InChI is InChI=1S/C17H23NS/c1-3-11-18-17(10-12-19-2)16-9-8-14-6-4-5-7-15(14)13-16/h4-9,13,17-18H,3,10-12H2,1-2H3. The van der Waals surface area contributed by atoms with Crippen LogP contribution in [-0.2, 0) is 0 Å². The van der Waals surface area contributed by atoms with E-state index in [4.69, 9.17) is 0 Å². The van der Waals surface area contributed by atoms with Gasteiger partial charge in [0, 0.05) is 6.04 Å². The van der Waals surface area contributed by atoms with Crippen LogP contribution in [0.3, 0.4) is 0 Å². The number of hydrogen-bond acceptors (Lipinski definition) is 2. The third-order valence-electron chi connectivity index (χ3n) is 3.43. The van der Waals surface area contributed by atoms with Crippen molar-refractivity contribution in [3.05, 3.63) is 48.0 Å². The van der Waals surface area contributed by atoms with E-state index in [9.17, 15) is 0 Å². The van der Waals surface area contributed by atoms with Crippen molar-refractivity contribution >= 4 is 22.5 Å². The number of thioether (sulfide) groups is 1. The lowest BCUT2D eigenvalue weighted by atomic mass is 10.00. The molecule has 0 aromatic heterocycles. The van der Waals surface area contributed by atoms with Gasteiger partial charge in [-0.05, 0) is 53.8 Å². The Morgan fingerprint density at radius 3 is 2.63 bits per heavy atom. The fourth-order valence-corrected chi connectivity index (χ4v) is 2.84. The van der Waals surface area contributed by atoms with Crippen molar-refractivity contribution in [2.24, 2.45) is 0 Å². The molecule has 2 aromatic carbocycles. The molecule has 0 aliphatic rings. The van der Waals surface area contributed by atoms with Crippen LogP contribution in [0.15, 0.2) is 42.5 Å². The second kappa shape index (κ2) is 7.56. The molecule has 2 aromatic rings. The Balaban J connectivity index is 2.21. The molecule has 0 heterocycles. The van der Waals surface area contributed by atoms with Gasteiger partial charge in [-0.1, -0.05) is 43.3 Å². The van der Waals surface area contributed by atoms with Crippen LogP contribution in [0.1, 0.15) is 31.4 Å². The first-order valence-electron chi connectivity index (χ1n) is 7.06. The topological polar surface area (TPSA) is 12.0 Å². The monoisotopic (exact) mass is 273 g/mol. The van der Waals surface area contributed by atoms with E-state index in [-0.39, 0.29) is 0 Å². The molecule has 0 amide bonds. The van der Waals surface area contributed by atoms with Crippen LogP contribution < -0.4 is 5.32 Å². The van der Waals surface area contributed by atoms with Crippen molar-refractivity contribution < 1.29 is 0 Å². The van der Waals surface area contributed by atoms with Gasteiger partial charge in [0.2, 0.25) is 0 Å². The van der Waals surface area contributed by atoms with Gasteiger partial charge in [-0.15, -0.1) is 0 Å². The van der Waals surface area contributed by atoms with Crippen LogP contribution in [0.5, 0.6) is 0 Å². The van der Waals surface area contributed by atoms with Crippen LogP contribution in [-0.4, -0.2) is 18.6 Å². The highest BCUT2D eigenvalue weighted by molar-refractivity contribution is 7.98. The maximum absolute atomic E-state index is 3.67. The summed E-state index contributed by atoms with van der Waals surface area (Å²) >= 11 is 1.92. The van der Waals surface area contributed by atoms with Crippen molar-refractivity contribution in [1.29, 1.82) is 0 Å². The summed E-state index contributed by atoms with van der Waals surface area (Å²) in [5, 5.41) is 6.34. The van der Waals surface area contributed by atoms with Crippen molar-refractivity contribution in [2.45, 2.75) is 25.8 Å². The minimum atomic E-state index is 0.483. The van der Waals surface area contributed by atoms with Gasteiger partial charge in [-0.25, -0.2) is 0 Å². The summed E-state index contributed by atoms with van der Waals surface area (Å²) in [6, 6.07) is 15.9. The van der Waals surface area contributed by atoms with Gasteiger partial charge in [-0.2, -0.15) is 11.8 Å². The largest absolute Gasteiger partial charge is 0.310 e. The van der Waals surface area contributed by atoms with E-state index in [1.54, 1.807) is 0 Å². The summed E-state index contributed by atoms with van der Waals surface area (Å²) in [7, 11) is 0. The van der Waals surface area contributed by atoms with Gasteiger partial charge in [0.25, 0.3) is 0 Å². The highest BCUT2D eigenvalue weighted by Gasteiger charge is 2.10. The van der Waals surface area contributed by atoms with Gasteiger partial charge in [0.15, 0.2) is 0 Å². The first-order valence-corrected chi connectivity index (χ1v) is 8.45. The van der Waals surface area contributed by atoms with E-state index in [1.165, 1.54) is 34.9 Å². The van der Waals surface area contributed by atoms with Crippen molar-refractivity contribution in [3.63, 3.8) is 0 Å². The van der Waals surface area contributed by atoms with E-state index in [2.05, 4.69) is 61.0 Å². The molecule has 0 saturated carbocycles. The minimum absolute atomic E-state index is 0.483. The average Bonchev–Trinajstić information content (AvgIpc) is 2.47. The lowest BCUT2D eigenvalue weighted by Gasteiger charge is -2.19. The molecule has 0 radical (unpaired) electrons. The molecule has 1 unspecified atom stereocenters. The summed E-state index contributed by atoms with van der Waals surface area (Å²) in [6.07, 6.45) is 4.56. The normalized spacial score (nSPS) is 12.7. The van der Waals surface area contributed by atoms with Crippen LogP contribution in [0.25, 0.3) is 10.8 Å². The maximum atomic E-state index is 3.67. The second-order valence-corrected chi connectivity index (χ2v) is 5.88. The minimum Gasteiger partial charge on any atom is -0.310 e. The molecule has 19 heavy (non-hydrogen) atoms. The maximum Gasteiger partial charge on any atom is 0.0328 e. The molecule has 1 N–H and O–H groups in total. The first kappa shape index (κ1) is 14.4. The molecule has 2 heteroatoms. The SMILES string of the molecule is CCCNC(CCSC)c1ccc2ccccc2c1. The molecule has 1 nitrogen and oxygen atoms in total. The van der Waals surface area contributed by atoms with E-state index in [0.29, 0.717) is 6.04 Å². The van der Waals surface area contributed by atoms with Gasteiger partial charge in [-0.3, -0.25) is 0 Å². The van der Waals surface area contributed by atoms with Crippen LogP contribution in [0, 0.1) is 0 Å². The summed E-state index contributed by atoms with van der Waals surface area (Å²) in [4.78, 5) is 0. The lowest BCUT2D eigenvalue weighted by Crippen LogP contribution is -2.22. The van der Waals surface area contributed by atoms with E-state index < -0.39 is 0 Å². The quantitative estimate of drug-likeness (QED) is 0.789. The number of hydrogen-bond donors (Lipinski definition) is 1. The summed E-state index contributed by atoms with van der Waals surface area (Å²) in [5.74, 6) is 1.20. The Hall–Kier alpha value is -0.990. The fourth-order valence-electron chi connectivity index (χ4n) is 2.37. The zero-order chi connectivity index (χ0) is 13.5. The molecule has 0 bridgehead atoms. The molecule has 0 fully saturated rings. The zero-order valence-electron chi connectivity index (χ0n) is 11.9. The highest BCUT2D eigenvalue weighted by atomic mass is 32.2. The van der Waals surface area contributed by atoms with Gasteiger partial charge in [0.1, 0.15) is 0 Å².